The van der Waals surface area contributed by atoms with Crippen LogP contribution in [0.1, 0.15) is 41.6 Å². The van der Waals surface area contributed by atoms with Crippen LogP contribution in [0.5, 0.6) is 0 Å². The highest BCUT2D eigenvalue weighted by Crippen LogP contribution is 2.18. The van der Waals surface area contributed by atoms with Gasteiger partial charge in [0.25, 0.3) is 0 Å². The van der Waals surface area contributed by atoms with Crippen molar-refractivity contribution in [3.8, 4) is 0 Å². The van der Waals surface area contributed by atoms with Crippen LogP contribution in [-0.2, 0) is 4.74 Å². The molecule has 0 spiro atoms. The minimum Gasteiger partial charge on any atom is -0.384 e. The van der Waals surface area contributed by atoms with Crippen LogP contribution in [0.25, 0.3) is 0 Å². The van der Waals surface area contributed by atoms with Crippen LogP contribution >= 0.6 is 0 Å². The third-order valence-electron chi connectivity index (χ3n) is 4.43. The van der Waals surface area contributed by atoms with Crippen molar-refractivity contribution in [2.45, 2.75) is 32.6 Å². The minimum atomic E-state index is 0.280. The lowest BCUT2D eigenvalue weighted by molar-refractivity contribution is 0.0928. The highest BCUT2D eigenvalue weighted by Gasteiger charge is 2.19. The number of likely N-dealkylation sites (tertiary alicyclic amines) is 1. The molecule has 1 aliphatic rings. The molecule has 3 nitrogen and oxygen atoms in total. The lowest BCUT2D eigenvalue weighted by Crippen LogP contribution is -2.35. The quantitative estimate of drug-likeness (QED) is 0.721. The van der Waals surface area contributed by atoms with Crippen LogP contribution in [0.3, 0.4) is 0 Å². The van der Waals surface area contributed by atoms with Crippen LogP contribution in [0.15, 0.2) is 24.3 Å². The summed E-state index contributed by atoms with van der Waals surface area (Å²) in [5, 5.41) is 0. The average Bonchev–Trinajstić information content (AvgIpc) is 2.49. The maximum Gasteiger partial charge on any atom is 0.163 e. The van der Waals surface area contributed by atoms with Gasteiger partial charge in [0.2, 0.25) is 0 Å². The van der Waals surface area contributed by atoms with Gasteiger partial charge in [-0.2, -0.15) is 0 Å². The number of carbonyl (C=O) groups excluding carboxylic acids is 1. The monoisotopic (exact) mass is 289 g/mol. The Kier molecular flexibility index (Phi) is 6.40. The Hall–Kier alpha value is -1.19. The van der Waals surface area contributed by atoms with E-state index in [4.69, 9.17) is 4.74 Å². The van der Waals surface area contributed by atoms with Crippen molar-refractivity contribution in [3.05, 3.63) is 35.4 Å². The van der Waals surface area contributed by atoms with Gasteiger partial charge in [-0.25, -0.2) is 0 Å². The molecule has 1 fully saturated rings. The van der Waals surface area contributed by atoms with E-state index in [9.17, 15) is 4.79 Å². The number of ether oxygens (including phenoxy) is 1. The molecule has 0 radical (unpaired) electrons. The summed E-state index contributed by atoms with van der Waals surface area (Å²) >= 11 is 0. The molecule has 0 atom stereocenters. The zero-order valence-electron chi connectivity index (χ0n) is 13.3. The Bertz CT molecular complexity index is 450. The predicted octanol–water partition coefficient (Wildman–Crippen LogP) is 3.32. The van der Waals surface area contributed by atoms with Crippen LogP contribution in [-0.4, -0.2) is 44.0 Å². The van der Waals surface area contributed by atoms with Crippen LogP contribution < -0.4 is 0 Å². The number of rotatable bonds is 7. The fourth-order valence-electron chi connectivity index (χ4n) is 3.10. The lowest BCUT2D eigenvalue weighted by Gasteiger charge is -2.31. The molecule has 1 heterocycles. The van der Waals surface area contributed by atoms with Gasteiger partial charge in [0.1, 0.15) is 0 Å². The van der Waals surface area contributed by atoms with Crippen molar-refractivity contribution in [3.63, 3.8) is 0 Å². The molecule has 116 valence electrons. The molecule has 0 saturated carbocycles. The molecule has 0 N–H and O–H groups in total. The maximum absolute atomic E-state index is 12.2. The molecule has 0 aliphatic carbocycles. The number of Topliss-reactive ketones (excluding diaryl/α,β-unsaturated/α-hetero) is 1. The summed E-state index contributed by atoms with van der Waals surface area (Å²) in [5.74, 6) is 1.00. The first-order chi connectivity index (χ1) is 10.2. The minimum absolute atomic E-state index is 0.280. The average molecular weight is 289 g/mol. The summed E-state index contributed by atoms with van der Waals surface area (Å²) in [7, 11) is 1.78. The fourth-order valence-corrected chi connectivity index (χ4v) is 3.10. The molecule has 1 aromatic rings. The van der Waals surface area contributed by atoms with Gasteiger partial charge < -0.3 is 9.64 Å². The van der Waals surface area contributed by atoms with Gasteiger partial charge in [-0.05, 0) is 57.3 Å². The molecule has 3 heteroatoms. The highest BCUT2D eigenvalue weighted by molar-refractivity contribution is 5.97. The molecule has 0 bridgehead atoms. The van der Waals surface area contributed by atoms with Crippen molar-refractivity contribution in [1.82, 2.24) is 4.90 Å². The predicted molar refractivity (Wildman–Crippen MR) is 85.8 cm³/mol. The number of ketones is 1. The largest absolute Gasteiger partial charge is 0.384 e. The zero-order chi connectivity index (χ0) is 15.1. The van der Waals surface area contributed by atoms with Crippen LogP contribution in [0, 0.1) is 12.8 Å². The summed E-state index contributed by atoms with van der Waals surface area (Å²) in [6.45, 7) is 6.23. The summed E-state index contributed by atoms with van der Waals surface area (Å²) < 4.78 is 5.23. The Balaban J connectivity index is 1.68. The molecular formula is C18H27NO2. The molecule has 1 aromatic carbocycles. The van der Waals surface area contributed by atoms with E-state index >= 15 is 0 Å². The number of piperidine rings is 1. The lowest BCUT2D eigenvalue weighted by atomic mass is 9.97. The van der Waals surface area contributed by atoms with Crippen LogP contribution in [0.4, 0.5) is 0 Å². The first kappa shape index (κ1) is 16.2. The second kappa shape index (κ2) is 8.30. The Morgan fingerprint density at radius 3 is 2.67 bits per heavy atom. The van der Waals surface area contributed by atoms with E-state index < -0.39 is 0 Å². The second-order valence-electron chi connectivity index (χ2n) is 6.08. The van der Waals surface area contributed by atoms with E-state index in [2.05, 4.69) is 4.90 Å². The second-order valence-corrected chi connectivity index (χ2v) is 6.08. The van der Waals surface area contributed by atoms with Crippen molar-refractivity contribution >= 4 is 5.78 Å². The number of methoxy groups -OCH3 is 1. The number of hydrogen-bond donors (Lipinski definition) is 0. The number of benzene rings is 1. The topological polar surface area (TPSA) is 29.5 Å². The Morgan fingerprint density at radius 1 is 1.29 bits per heavy atom. The number of aryl methyl sites for hydroxylation is 1. The van der Waals surface area contributed by atoms with E-state index in [0.29, 0.717) is 6.42 Å². The van der Waals surface area contributed by atoms with Crippen molar-refractivity contribution < 1.29 is 9.53 Å². The van der Waals surface area contributed by atoms with Gasteiger partial charge in [-0.1, -0.05) is 24.3 Å². The molecule has 0 unspecified atom stereocenters. The summed E-state index contributed by atoms with van der Waals surface area (Å²) in [4.78, 5) is 14.7. The van der Waals surface area contributed by atoms with E-state index in [1.807, 2.05) is 31.2 Å². The summed E-state index contributed by atoms with van der Waals surface area (Å²) in [5.41, 5.74) is 1.97. The first-order valence-electron chi connectivity index (χ1n) is 8.01. The maximum atomic E-state index is 12.2. The van der Waals surface area contributed by atoms with Gasteiger partial charge >= 0.3 is 0 Å². The van der Waals surface area contributed by atoms with E-state index in [1.54, 1.807) is 7.11 Å². The SMILES string of the molecule is COCC1CCN(CCCC(=O)c2ccccc2C)CC1. The van der Waals surface area contributed by atoms with Gasteiger partial charge in [-0.3, -0.25) is 4.79 Å². The summed E-state index contributed by atoms with van der Waals surface area (Å²) in [6, 6.07) is 7.87. The number of hydrogen-bond acceptors (Lipinski definition) is 3. The molecule has 1 saturated heterocycles. The van der Waals surface area contributed by atoms with Crippen molar-refractivity contribution in [1.29, 1.82) is 0 Å². The first-order valence-corrected chi connectivity index (χ1v) is 8.01. The van der Waals surface area contributed by atoms with Gasteiger partial charge in [-0.15, -0.1) is 0 Å². The van der Waals surface area contributed by atoms with Gasteiger partial charge in [0, 0.05) is 25.7 Å². The molecule has 0 amide bonds. The Labute approximate surface area is 128 Å². The smallest absolute Gasteiger partial charge is 0.163 e. The van der Waals surface area contributed by atoms with E-state index in [1.165, 1.54) is 12.8 Å². The Morgan fingerprint density at radius 2 is 2.00 bits per heavy atom. The normalized spacial score (nSPS) is 17.0. The van der Waals surface area contributed by atoms with Crippen molar-refractivity contribution in [2.75, 3.05) is 33.4 Å². The van der Waals surface area contributed by atoms with E-state index in [0.717, 1.165) is 49.7 Å². The summed E-state index contributed by atoms with van der Waals surface area (Å²) in [6.07, 6.45) is 4.06. The van der Waals surface area contributed by atoms with Gasteiger partial charge in [0.05, 0.1) is 0 Å². The van der Waals surface area contributed by atoms with Crippen molar-refractivity contribution in [2.24, 2.45) is 5.92 Å². The third kappa shape index (κ3) is 4.94. The van der Waals surface area contributed by atoms with Gasteiger partial charge in [0.15, 0.2) is 5.78 Å². The number of nitrogens with zero attached hydrogens (tertiary/aromatic N) is 1. The number of carbonyl (C=O) groups is 1. The standard InChI is InChI=1S/C18H27NO2/c1-15-6-3-4-7-17(15)18(20)8-5-11-19-12-9-16(10-13-19)14-21-2/h3-4,6-7,16H,5,8-14H2,1-2H3. The van der Waals surface area contributed by atoms with E-state index in [-0.39, 0.29) is 5.78 Å². The molecule has 0 aromatic heterocycles. The molecule has 1 aliphatic heterocycles. The molecule has 21 heavy (non-hydrogen) atoms. The fraction of sp³-hybridized carbons (Fsp3) is 0.611. The third-order valence-corrected chi connectivity index (χ3v) is 4.43. The highest BCUT2D eigenvalue weighted by atomic mass is 16.5. The van der Waals surface area contributed by atoms with Crippen LogP contribution in [0.2, 0.25) is 0 Å². The molecular weight excluding hydrogens is 262 g/mol. The zero-order valence-corrected chi connectivity index (χ0v) is 13.3. The molecule has 2 rings (SSSR count).